The Morgan fingerprint density at radius 3 is 2.54 bits per heavy atom. The van der Waals surface area contributed by atoms with Crippen molar-refractivity contribution in [3.63, 3.8) is 0 Å². The Labute approximate surface area is 152 Å². The average Bonchev–Trinajstić information content (AvgIpc) is 3.18. The second-order valence-corrected chi connectivity index (χ2v) is 6.33. The normalized spacial score (nSPS) is 14.2. The maximum atomic E-state index is 5.97. The van der Waals surface area contributed by atoms with Gasteiger partial charge < -0.3 is 15.4 Å². The first-order valence-electron chi connectivity index (χ1n) is 8.92. The quantitative estimate of drug-likeness (QED) is 0.670. The van der Waals surface area contributed by atoms with Gasteiger partial charge >= 0.3 is 0 Å². The zero-order chi connectivity index (χ0) is 17.6. The van der Waals surface area contributed by atoms with Gasteiger partial charge in [-0.15, -0.1) is 5.10 Å². The van der Waals surface area contributed by atoms with E-state index in [1.807, 2.05) is 54.6 Å². The highest BCUT2D eigenvalue weighted by Gasteiger charge is 2.15. The predicted octanol–water partition coefficient (Wildman–Crippen LogP) is 4.76. The third-order valence-electron chi connectivity index (χ3n) is 4.37. The first kappa shape index (κ1) is 16.3. The fourth-order valence-corrected chi connectivity index (χ4v) is 3.10. The van der Waals surface area contributed by atoms with Gasteiger partial charge in [0.25, 0.3) is 0 Å². The number of benzene rings is 2. The molecule has 3 aromatic rings. The van der Waals surface area contributed by atoms with E-state index in [9.17, 15) is 0 Å². The van der Waals surface area contributed by atoms with Crippen molar-refractivity contribution in [2.75, 3.05) is 10.6 Å². The van der Waals surface area contributed by atoms with Crippen LogP contribution < -0.4 is 15.4 Å². The molecule has 0 aliphatic heterocycles. The summed E-state index contributed by atoms with van der Waals surface area (Å²) >= 11 is 0. The molecule has 0 amide bonds. The lowest BCUT2D eigenvalue weighted by atomic mass is 10.2. The van der Waals surface area contributed by atoms with Crippen LogP contribution in [0.4, 0.5) is 17.5 Å². The van der Waals surface area contributed by atoms with Crippen molar-refractivity contribution < 1.29 is 4.74 Å². The van der Waals surface area contributed by atoms with Crippen LogP contribution in [0.15, 0.2) is 60.8 Å². The summed E-state index contributed by atoms with van der Waals surface area (Å²) in [7, 11) is 0. The number of hydrogen-bond acceptors (Lipinski definition) is 6. The Balaban J connectivity index is 1.50. The van der Waals surface area contributed by atoms with Gasteiger partial charge in [0.15, 0.2) is 11.6 Å². The van der Waals surface area contributed by atoms with Crippen LogP contribution in [-0.4, -0.2) is 21.2 Å². The zero-order valence-electron chi connectivity index (χ0n) is 14.4. The van der Waals surface area contributed by atoms with Gasteiger partial charge in [0, 0.05) is 6.04 Å². The van der Waals surface area contributed by atoms with E-state index in [0.717, 1.165) is 17.3 Å². The fourth-order valence-electron chi connectivity index (χ4n) is 3.10. The molecule has 1 heterocycles. The second-order valence-electron chi connectivity index (χ2n) is 6.33. The smallest absolute Gasteiger partial charge is 0.249 e. The number of nitrogens with one attached hydrogen (secondary N) is 2. The van der Waals surface area contributed by atoms with Crippen molar-refractivity contribution in [2.45, 2.75) is 31.7 Å². The topological polar surface area (TPSA) is 72.0 Å². The molecule has 4 rings (SSSR count). The summed E-state index contributed by atoms with van der Waals surface area (Å²) in [6.07, 6.45) is 6.56. The molecule has 0 unspecified atom stereocenters. The number of ether oxygens (including phenoxy) is 1. The van der Waals surface area contributed by atoms with Crippen LogP contribution in [0.1, 0.15) is 25.7 Å². The van der Waals surface area contributed by atoms with Crippen LogP contribution in [0.5, 0.6) is 11.5 Å². The molecule has 1 saturated carbocycles. The lowest BCUT2D eigenvalue weighted by Gasteiger charge is -2.14. The minimum absolute atomic E-state index is 0.442. The number of anilines is 3. The lowest BCUT2D eigenvalue weighted by Crippen LogP contribution is -2.16. The van der Waals surface area contributed by atoms with E-state index in [0.29, 0.717) is 17.7 Å². The summed E-state index contributed by atoms with van der Waals surface area (Å²) in [4.78, 5) is 4.53. The highest BCUT2D eigenvalue weighted by atomic mass is 16.5. The van der Waals surface area contributed by atoms with Crippen molar-refractivity contribution in [1.82, 2.24) is 15.2 Å². The molecule has 26 heavy (non-hydrogen) atoms. The third kappa shape index (κ3) is 4.08. The summed E-state index contributed by atoms with van der Waals surface area (Å²) in [6, 6.07) is 17.9. The Bertz CT molecular complexity index is 850. The van der Waals surface area contributed by atoms with Crippen LogP contribution in [0.2, 0.25) is 0 Å². The monoisotopic (exact) mass is 347 g/mol. The first-order valence-corrected chi connectivity index (χ1v) is 8.92. The van der Waals surface area contributed by atoms with Crippen molar-refractivity contribution in [3.05, 3.63) is 60.8 Å². The van der Waals surface area contributed by atoms with E-state index in [4.69, 9.17) is 4.74 Å². The van der Waals surface area contributed by atoms with Gasteiger partial charge in [-0.25, -0.2) is 0 Å². The summed E-state index contributed by atoms with van der Waals surface area (Å²) in [5, 5.41) is 14.8. The molecular formula is C20H21N5O. The number of para-hydroxylation sites is 3. The van der Waals surface area contributed by atoms with E-state index in [1.54, 1.807) is 6.20 Å². The van der Waals surface area contributed by atoms with Crippen molar-refractivity contribution in [1.29, 1.82) is 0 Å². The molecule has 0 atom stereocenters. The summed E-state index contributed by atoms with van der Waals surface area (Å²) < 4.78 is 5.97. The van der Waals surface area contributed by atoms with Crippen LogP contribution >= 0.6 is 0 Å². The van der Waals surface area contributed by atoms with Crippen molar-refractivity contribution >= 4 is 17.5 Å². The number of hydrogen-bond donors (Lipinski definition) is 2. The Kier molecular flexibility index (Phi) is 4.91. The molecule has 2 aromatic carbocycles. The molecule has 1 fully saturated rings. The molecule has 0 spiro atoms. The summed E-state index contributed by atoms with van der Waals surface area (Å²) in [5.41, 5.74) is 0.788. The largest absolute Gasteiger partial charge is 0.455 e. The fraction of sp³-hybridized carbons (Fsp3) is 0.250. The lowest BCUT2D eigenvalue weighted by molar-refractivity contribution is 0.485. The zero-order valence-corrected chi connectivity index (χ0v) is 14.4. The number of aromatic nitrogens is 3. The molecule has 2 N–H and O–H groups in total. The summed E-state index contributed by atoms with van der Waals surface area (Å²) in [5.74, 6) is 2.67. The molecule has 6 heteroatoms. The Morgan fingerprint density at radius 1 is 0.923 bits per heavy atom. The maximum absolute atomic E-state index is 5.97. The van der Waals surface area contributed by atoms with Gasteiger partial charge in [-0.1, -0.05) is 43.2 Å². The van der Waals surface area contributed by atoms with Gasteiger partial charge in [0.1, 0.15) is 5.75 Å². The maximum Gasteiger partial charge on any atom is 0.249 e. The van der Waals surface area contributed by atoms with Crippen LogP contribution in [0.3, 0.4) is 0 Å². The molecule has 0 saturated heterocycles. The van der Waals surface area contributed by atoms with E-state index < -0.39 is 0 Å². The van der Waals surface area contributed by atoms with Crippen LogP contribution in [0.25, 0.3) is 0 Å². The minimum Gasteiger partial charge on any atom is -0.455 e. The third-order valence-corrected chi connectivity index (χ3v) is 4.37. The minimum atomic E-state index is 0.442. The molecule has 0 bridgehead atoms. The van der Waals surface area contributed by atoms with Gasteiger partial charge in [-0.05, 0) is 37.1 Å². The molecule has 6 nitrogen and oxygen atoms in total. The molecular weight excluding hydrogens is 326 g/mol. The molecule has 1 aliphatic carbocycles. The average molecular weight is 347 g/mol. The highest BCUT2D eigenvalue weighted by Crippen LogP contribution is 2.30. The number of rotatable bonds is 6. The molecule has 1 aromatic heterocycles. The summed E-state index contributed by atoms with van der Waals surface area (Å²) in [6.45, 7) is 0. The van der Waals surface area contributed by atoms with Crippen molar-refractivity contribution in [3.8, 4) is 11.5 Å². The second kappa shape index (κ2) is 7.82. The van der Waals surface area contributed by atoms with E-state index >= 15 is 0 Å². The van der Waals surface area contributed by atoms with Gasteiger partial charge in [0.05, 0.1) is 11.9 Å². The predicted molar refractivity (Wildman–Crippen MR) is 102 cm³/mol. The van der Waals surface area contributed by atoms with Crippen molar-refractivity contribution in [2.24, 2.45) is 0 Å². The molecule has 1 aliphatic rings. The van der Waals surface area contributed by atoms with E-state index in [-0.39, 0.29) is 0 Å². The highest BCUT2D eigenvalue weighted by molar-refractivity contribution is 5.63. The SMILES string of the molecule is c1ccc(Oc2ccccc2Nc2nncc(NC3CCCC3)n2)cc1. The Hall–Kier alpha value is -3.15. The molecule has 132 valence electrons. The van der Waals surface area contributed by atoms with Gasteiger partial charge in [-0.2, -0.15) is 10.1 Å². The van der Waals surface area contributed by atoms with Crippen LogP contribution in [-0.2, 0) is 0 Å². The molecule has 0 radical (unpaired) electrons. The Morgan fingerprint density at radius 2 is 1.69 bits per heavy atom. The van der Waals surface area contributed by atoms with Gasteiger partial charge in [-0.3, -0.25) is 0 Å². The number of nitrogens with zero attached hydrogens (tertiary/aromatic N) is 3. The van der Waals surface area contributed by atoms with E-state index in [2.05, 4.69) is 25.8 Å². The van der Waals surface area contributed by atoms with E-state index in [1.165, 1.54) is 25.7 Å². The standard InChI is InChI=1S/C20H21N5O/c1-2-10-16(11-3-1)26-18-13-7-6-12-17(18)23-20-24-19(14-21-25-20)22-15-8-4-5-9-15/h1-3,6-7,10-15H,4-5,8-9H2,(H2,22,23,24,25). The van der Waals surface area contributed by atoms with Gasteiger partial charge in [0.2, 0.25) is 5.95 Å². The van der Waals surface area contributed by atoms with Crippen LogP contribution in [0, 0.1) is 0 Å². The first-order chi connectivity index (χ1) is 12.9.